The Morgan fingerprint density at radius 3 is 2.00 bits per heavy atom. The summed E-state index contributed by atoms with van der Waals surface area (Å²) in [6.07, 6.45) is 0. The second-order valence-corrected chi connectivity index (χ2v) is 3.00. The molecule has 1 aromatic rings. The van der Waals surface area contributed by atoms with Crippen molar-refractivity contribution in [3.63, 3.8) is 0 Å². The van der Waals surface area contributed by atoms with E-state index in [1.54, 1.807) is 0 Å². The minimum Gasteiger partial charge on any atom is -0.373 e. The molecule has 86 valence electrons. The van der Waals surface area contributed by atoms with E-state index >= 15 is 0 Å². The van der Waals surface area contributed by atoms with Crippen LogP contribution in [0.2, 0.25) is 10.0 Å². The van der Waals surface area contributed by atoms with E-state index in [0.29, 0.717) is 6.07 Å². The first kappa shape index (κ1) is 18.9. The first-order valence-corrected chi connectivity index (χ1v) is 4.13. The van der Waals surface area contributed by atoms with Gasteiger partial charge in [-0.1, -0.05) is 23.2 Å². The third-order valence-electron chi connectivity index (χ3n) is 1.31. The molecular weight excluding hydrogens is 293 g/mol. The maximum Gasteiger partial charge on any atom is 1.00 e. The normalized spacial score (nSPS) is 8.29. The molecule has 0 heterocycles. The molecule has 0 aliphatic rings. The van der Waals surface area contributed by atoms with Crippen LogP contribution in [0, 0.1) is 11.6 Å². The Labute approximate surface area is 125 Å². The summed E-state index contributed by atoms with van der Waals surface area (Å²) in [5.41, 5.74) is 12.5. The van der Waals surface area contributed by atoms with Crippen LogP contribution >= 0.6 is 23.2 Å². The molecule has 0 N–H and O–H groups in total. The molecule has 0 saturated carbocycles. The summed E-state index contributed by atoms with van der Waals surface area (Å²) in [4.78, 5) is 11.6. The number of hydrogen-bond donors (Lipinski definition) is 0. The summed E-state index contributed by atoms with van der Waals surface area (Å²) < 4.78 is 37.6. The summed E-state index contributed by atoms with van der Waals surface area (Å²) >= 11 is 10.3. The smallest absolute Gasteiger partial charge is 0.373 e. The molecule has 0 aliphatic carbocycles. The fraction of sp³-hybridized carbons (Fsp3) is 0. The van der Waals surface area contributed by atoms with Crippen LogP contribution < -0.4 is 29.6 Å². The van der Waals surface area contributed by atoms with Gasteiger partial charge < -0.3 is 11.1 Å². The zero-order valence-corrected chi connectivity index (χ0v) is 11.7. The van der Waals surface area contributed by atoms with Gasteiger partial charge in [-0.25, -0.2) is 8.78 Å². The van der Waals surface area contributed by atoms with Crippen LogP contribution in [0.3, 0.4) is 0 Å². The van der Waals surface area contributed by atoms with Crippen LogP contribution in [0.15, 0.2) is 6.07 Å². The number of benzene rings is 1. The summed E-state index contributed by atoms with van der Waals surface area (Å²) in [7, 11) is 0. The van der Waals surface area contributed by atoms with E-state index in [-0.39, 0.29) is 29.6 Å². The molecule has 0 aliphatic heterocycles. The van der Waals surface area contributed by atoms with Gasteiger partial charge in [-0.2, -0.15) is 4.39 Å². The average molecular weight is 294 g/mol. The fourth-order valence-corrected chi connectivity index (χ4v) is 1.17. The van der Waals surface area contributed by atoms with Crippen molar-refractivity contribution in [1.82, 2.24) is 0 Å². The molecule has 0 atom stereocenters. The summed E-state index contributed by atoms with van der Waals surface area (Å²) in [5, 5.41) is -1.60. The van der Waals surface area contributed by atoms with Crippen LogP contribution in [0.1, 0.15) is 10.4 Å². The van der Waals surface area contributed by atoms with Gasteiger partial charge in [0.1, 0.15) is 5.02 Å². The summed E-state index contributed by atoms with van der Waals surface area (Å²) in [5.74, 6) is -2.66. The van der Waals surface area contributed by atoms with Crippen molar-refractivity contribution in [2.45, 2.75) is 0 Å². The Morgan fingerprint density at radius 2 is 1.65 bits per heavy atom. The Morgan fingerprint density at radius 1 is 1.24 bits per heavy atom. The maximum absolute atomic E-state index is 12.8. The summed E-state index contributed by atoms with van der Waals surface area (Å²) in [6, 6.07) is -1.51. The van der Waals surface area contributed by atoms with Gasteiger partial charge in [-0.15, -0.1) is 0 Å². The predicted molar refractivity (Wildman–Crippen MR) is 51.9 cm³/mol. The zero-order valence-electron chi connectivity index (χ0n) is 8.22. The van der Waals surface area contributed by atoms with E-state index in [4.69, 9.17) is 34.3 Å². The molecule has 0 saturated heterocycles. The Bertz CT molecular complexity index is 466. The van der Waals surface area contributed by atoms with Crippen molar-refractivity contribution in [3.8, 4) is 0 Å². The monoisotopic (exact) mass is 293 g/mol. The van der Waals surface area contributed by atoms with E-state index in [9.17, 15) is 18.0 Å². The third-order valence-corrected chi connectivity index (χ3v) is 1.92. The van der Waals surface area contributed by atoms with Gasteiger partial charge in [0.25, 0.3) is 0 Å². The molecule has 0 amide bonds. The van der Waals surface area contributed by atoms with Crippen LogP contribution in [0.4, 0.5) is 13.2 Å². The van der Waals surface area contributed by atoms with E-state index in [2.05, 4.69) is 0 Å². The van der Waals surface area contributed by atoms with Gasteiger partial charge in [0.05, 0.1) is 10.6 Å². The summed E-state index contributed by atoms with van der Waals surface area (Å²) in [6.45, 7) is 0. The minimum absolute atomic E-state index is 0. The number of carbonyl (C=O) groups is 1. The Balaban J connectivity index is 0. The molecule has 4 nitrogen and oxygen atoms in total. The van der Waals surface area contributed by atoms with E-state index < -0.39 is 33.3 Å². The topological polar surface area (TPSA) is 75.8 Å². The number of nitrogens with zero attached hydrogens (tertiary/aromatic N) is 3. The van der Waals surface area contributed by atoms with Crippen LogP contribution in [0.5, 0.6) is 0 Å². The molecule has 0 fully saturated rings. The SMILES string of the molecule is O=C(F)c1cc(Cl)c(F)c(Cl)c1F.[N-]=[N+]=[N-].[Na+]. The molecule has 0 radical (unpaired) electrons. The number of carbonyl (C=O) groups excluding carboxylic acids is 1. The van der Waals surface area contributed by atoms with Gasteiger partial charge in [0.15, 0.2) is 11.6 Å². The van der Waals surface area contributed by atoms with Gasteiger partial charge in [-0.3, -0.25) is 9.71 Å². The van der Waals surface area contributed by atoms with Crippen molar-refractivity contribution in [2.24, 2.45) is 0 Å². The Hall–Kier alpha value is -0.430. The molecule has 0 aromatic heterocycles. The fourth-order valence-electron chi connectivity index (χ4n) is 0.716. The number of halogens is 5. The van der Waals surface area contributed by atoms with Crippen molar-refractivity contribution in [2.75, 3.05) is 0 Å². The third kappa shape index (κ3) is 5.16. The molecular formula is C7HCl2F3N3NaO. The molecule has 1 aromatic carbocycles. The van der Waals surface area contributed by atoms with E-state index in [1.165, 1.54) is 4.91 Å². The van der Waals surface area contributed by atoms with Crippen molar-refractivity contribution in [3.05, 3.63) is 49.3 Å². The quantitative estimate of drug-likeness (QED) is 0.146. The van der Waals surface area contributed by atoms with Gasteiger partial charge in [0.2, 0.25) is 0 Å². The van der Waals surface area contributed by atoms with Gasteiger partial charge in [0, 0.05) is 0 Å². The molecule has 0 spiro atoms. The first-order valence-electron chi connectivity index (χ1n) is 3.38. The van der Waals surface area contributed by atoms with Crippen molar-refractivity contribution >= 4 is 29.2 Å². The van der Waals surface area contributed by atoms with Crippen molar-refractivity contribution in [1.29, 1.82) is 0 Å². The van der Waals surface area contributed by atoms with Crippen LogP contribution in [0.25, 0.3) is 16.0 Å². The molecule has 0 bridgehead atoms. The second kappa shape index (κ2) is 8.63. The van der Waals surface area contributed by atoms with E-state index in [0.717, 1.165) is 0 Å². The molecule has 1 rings (SSSR count). The molecule has 17 heavy (non-hydrogen) atoms. The van der Waals surface area contributed by atoms with E-state index in [1.807, 2.05) is 0 Å². The standard InChI is InChI=1S/C7HCl2F3O.N3.Na/c8-3-1-2(7(12)13)5(10)4(9)6(3)11;1-3-2;/h1H;;/q;-1;+1. The largest absolute Gasteiger partial charge is 1.00 e. The first-order chi connectivity index (χ1) is 7.36. The van der Waals surface area contributed by atoms with Gasteiger partial charge >= 0.3 is 35.6 Å². The maximum atomic E-state index is 12.8. The van der Waals surface area contributed by atoms with Crippen LogP contribution in [-0.4, -0.2) is 6.04 Å². The average Bonchev–Trinajstić information content (AvgIpc) is 2.21. The Kier molecular flexibility index (Phi) is 9.61. The number of rotatable bonds is 1. The minimum atomic E-state index is -2.05. The molecule has 10 heteroatoms. The number of hydrogen-bond acceptors (Lipinski definition) is 1. The van der Waals surface area contributed by atoms with Crippen molar-refractivity contribution < 1.29 is 47.5 Å². The van der Waals surface area contributed by atoms with Crippen LogP contribution in [-0.2, 0) is 0 Å². The van der Waals surface area contributed by atoms with Gasteiger partial charge in [-0.05, 0) is 6.07 Å². The second-order valence-electron chi connectivity index (χ2n) is 2.21. The molecule has 0 unspecified atom stereocenters. The predicted octanol–water partition coefficient (Wildman–Crippen LogP) is 1.25. The zero-order chi connectivity index (χ0) is 12.9.